The van der Waals surface area contributed by atoms with Crippen LogP contribution in [0.4, 0.5) is 0 Å². The second kappa shape index (κ2) is 2.38. The number of hydrogen-bond donors (Lipinski definition) is 1. The van der Waals surface area contributed by atoms with E-state index in [1.165, 1.54) is 0 Å². The molecule has 0 aliphatic carbocycles. The Morgan fingerprint density at radius 1 is 1.56 bits per heavy atom. The molecule has 1 aliphatic rings. The first-order valence-corrected chi connectivity index (χ1v) is 3.49. The maximum absolute atomic E-state index is 10.9. The lowest BCUT2D eigenvalue weighted by Crippen LogP contribution is -2.39. The molecule has 0 spiro atoms. The zero-order chi connectivity index (χ0) is 6.85. The molecule has 0 unspecified atom stereocenters. The van der Waals surface area contributed by atoms with Crippen LogP contribution in [0.25, 0.3) is 0 Å². The number of nitrogens with one attached hydrogen (secondary N) is 1. The lowest BCUT2D eigenvalue weighted by atomic mass is 9.89. The van der Waals surface area contributed by atoms with E-state index in [1.54, 1.807) is 0 Å². The van der Waals surface area contributed by atoms with Gasteiger partial charge >= 0.3 is 0 Å². The summed E-state index contributed by atoms with van der Waals surface area (Å²) >= 11 is 0. The summed E-state index contributed by atoms with van der Waals surface area (Å²) in [5.41, 5.74) is 0. The minimum absolute atomic E-state index is 0.216. The van der Waals surface area contributed by atoms with Crippen LogP contribution in [0.3, 0.4) is 0 Å². The molecule has 1 heterocycles. The van der Waals surface area contributed by atoms with E-state index >= 15 is 0 Å². The standard InChI is InChI=1S/C7H13NO/c1-5-3-4-8-7(9)6(5)2/h5-6H,3-4H2,1-2H3,(H,8,9)/t5-,6+/m0/s1. The fraction of sp³-hybridized carbons (Fsp3) is 0.857. The Hall–Kier alpha value is -0.530. The third-order valence-corrected chi connectivity index (χ3v) is 2.17. The third kappa shape index (κ3) is 1.23. The van der Waals surface area contributed by atoms with Crippen LogP contribution in [0.1, 0.15) is 20.3 Å². The lowest BCUT2D eigenvalue weighted by molar-refractivity contribution is -0.127. The van der Waals surface area contributed by atoms with Crippen LogP contribution in [-0.2, 0) is 4.79 Å². The Labute approximate surface area is 55.6 Å². The molecule has 9 heavy (non-hydrogen) atoms. The second-order valence-electron chi connectivity index (χ2n) is 2.85. The second-order valence-corrected chi connectivity index (χ2v) is 2.85. The highest BCUT2D eigenvalue weighted by molar-refractivity contribution is 5.79. The fourth-order valence-corrected chi connectivity index (χ4v) is 1.09. The van der Waals surface area contributed by atoms with Crippen molar-refractivity contribution in [3.05, 3.63) is 0 Å². The predicted octanol–water partition coefficient (Wildman–Crippen LogP) is 0.778. The van der Waals surface area contributed by atoms with Gasteiger partial charge in [-0.3, -0.25) is 4.79 Å². The zero-order valence-electron chi connectivity index (χ0n) is 5.98. The van der Waals surface area contributed by atoms with E-state index in [1.807, 2.05) is 6.92 Å². The molecule has 0 bridgehead atoms. The first-order chi connectivity index (χ1) is 4.22. The van der Waals surface area contributed by atoms with Crippen molar-refractivity contribution in [1.29, 1.82) is 0 Å². The van der Waals surface area contributed by atoms with Crippen molar-refractivity contribution >= 4 is 5.91 Å². The fourth-order valence-electron chi connectivity index (χ4n) is 1.09. The van der Waals surface area contributed by atoms with Gasteiger partial charge in [-0.1, -0.05) is 13.8 Å². The van der Waals surface area contributed by atoms with Crippen LogP contribution in [0, 0.1) is 11.8 Å². The third-order valence-electron chi connectivity index (χ3n) is 2.17. The van der Waals surface area contributed by atoms with Crippen LogP contribution >= 0.6 is 0 Å². The van der Waals surface area contributed by atoms with E-state index in [9.17, 15) is 4.79 Å². The van der Waals surface area contributed by atoms with Crippen molar-refractivity contribution in [3.8, 4) is 0 Å². The van der Waals surface area contributed by atoms with Crippen LogP contribution in [0.5, 0.6) is 0 Å². The normalized spacial score (nSPS) is 36.0. The predicted molar refractivity (Wildman–Crippen MR) is 36.0 cm³/mol. The van der Waals surface area contributed by atoms with Gasteiger partial charge in [0.1, 0.15) is 0 Å². The van der Waals surface area contributed by atoms with Crippen molar-refractivity contribution in [1.82, 2.24) is 5.32 Å². The summed E-state index contributed by atoms with van der Waals surface area (Å²) in [4.78, 5) is 10.9. The van der Waals surface area contributed by atoms with Crippen LogP contribution in [0.2, 0.25) is 0 Å². The van der Waals surface area contributed by atoms with Crippen molar-refractivity contribution < 1.29 is 4.79 Å². The number of amides is 1. The quantitative estimate of drug-likeness (QED) is 0.512. The Bertz CT molecular complexity index is 122. The number of carbonyl (C=O) groups excluding carboxylic acids is 1. The highest BCUT2D eigenvalue weighted by Gasteiger charge is 2.23. The molecule has 0 aromatic rings. The summed E-state index contributed by atoms with van der Waals surface area (Å²) in [5.74, 6) is 1.01. The largest absolute Gasteiger partial charge is 0.356 e. The van der Waals surface area contributed by atoms with E-state index in [2.05, 4.69) is 12.2 Å². The molecule has 2 heteroatoms. The highest BCUT2D eigenvalue weighted by atomic mass is 16.1. The molecule has 0 saturated carbocycles. The topological polar surface area (TPSA) is 29.1 Å². The van der Waals surface area contributed by atoms with Crippen LogP contribution < -0.4 is 5.32 Å². The van der Waals surface area contributed by atoms with Gasteiger partial charge in [0.05, 0.1) is 0 Å². The molecular weight excluding hydrogens is 114 g/mol. The van der Waals surface area contributed by atoms with E-state index in [0.29, 0.717) is 5.92 Å². The van der Waals surface area contributed by atoms with Crippen molar-refractivity contribution in [2.24, 2.45) is 11.8 Å². The van der Waals surface area contributed by atoms with Gasteiger partial charge in [-0.05, 0) is 12.3 Å². The molecule has 1 N–H and O–H groups in total. The highest BCUT2D eigenvalue weighted by Crippen LogP contribution is 2.17. The Morgan fingerprint density at radius 3 is 2.67 bits per heavy atom. The first-order valence-electron chi connectivity index (χ1n) is 3.49. The van der Waals surface area contributed by atoms with Gasteiger partial charge in [-0.25, -0.2) is 0 Å². The molecule has 1 rings (SSSR count). The minimum Gasteiger partial charge on any atom is -0.356 e. The zero-order valence-corrected chi connectivity index (χ0v) is 5.98. The maximum Gasteiger partial charge on any atom is 0.223 e. The van der Waals surface area contributed by atoms with Crippen molar-refractivity contribution in [3.63, 3.8) is 0 Å². The van der Waals surface area contributed by atoms with E-state index in [-0.39, 0.29) is 11.8 Å². The molecule has 0 aromatic carbocycles. The molecular formula is C7H13NO. The summed E-state index contributed by atoms with van der Waals surface area (Å²) in [6.07, 6.45) is 1.13. The summed E-state index contributed by atoms with van der Waals surface area (Å²) in [6, 6.07) is 0. The van der Waals surface area contributed by atoms with Crippen LogP contribution in [0.15, 0.2) is 0 Å². The molecule has 2 nitrogen and oxygen atoms in total. The van der Waals surface area contributed by atoms with Gasteiger partial charge in [0.15, 0.2) is 0 Å². The molecule has 52 valence electrons. The summed E-state index contributed by atoms with van der Waals surface area (Å²) < 4.78 is 0. The number of rotatable bonds is 0. The lowest BCUT2D eigenvalue weighted by Gasteiger charge is -2.24. The van der Waals surface area contributed by atoms with Gasteiger partial charge in [-0.15, -0.1) is 0 Å². The number of carbonyl (C=O) groups is 1. The Balaban J connectivity index is 2.51. The van der Waals surface area contributed by atoms with Crippen LogP contribution in [-0.4, -0.2) is 12.5 Å². The van der Waals surface area contributed by atoms with Crippen molar-refractivity contribution in [2.45, 2.75) is 20.3 Å². The molecule has 1 aliphatic heterocycles. The smallest absolute Gasteiger partial charge is 0.223 e. The van der Waals surface area contributed by atoms with Gasteiger partial charge in [0, 0.05) is 12.5 Å². The van der Waals surface area contributed by atoms with Gasteiger partial charge in [0.2, 0.25) is 5.91 Å². The van der Waals surface area contributed by atoms with E-state index in [4.69, 9.17) is 0 Å². The van der Waals surface area contributed by atoms with E-state index in [0.717, 1.165) is 13.0 Å². The van der Waals surface area contributed by atoms with E-state index < -0.39 is 0 Å². The summed E-state index contributed by atoms with van der Waals surface area (Å²) in [7, 11) is 0. The maximum atomic E-state index is 10.9. The summed E-state index contributed by atoms with van der Waals surface area (Å²) in [5, 5.41) is 2.82. The first kappa shape index (κ1) is 6.59. The average Bonchev–Trinajstić information content (AvgIpc) is 1.83. The van der Waals surface area contributed by atoms with Gasteiger partial charge in [-0.2, -0.15) is 0 Å². The SMILES string of the molecule is C[C@H]1CCNC(=O)[C@@H]1C. The van der Waals surface area contributed by atoms with Gasteiger partial charge in [0.25, 0.3) is 0 Å². The van der Waals surface area contributed by atoms with Crippen molar-refractivity contribution in [2.75, 3.05) is 6.54 Å². The monoisotopic (exact) mass is 127 g/mol. The summed E-state index contributed by atoms with van der Waals surface area (Å²) in [6.45, 7) is 4.98. The number of hydrogen-bond acceptors (Lipinski definition) is 1. The molecule has 2 atom stereocenters. The average molecular weight is 127 g/mol. The molecule has 0 aromatic heterocycles. The molecule has 1 saturated heterocycles. The molecule has 1 fully saturated rings. The molecule has 0 radical (unpaired) electrons. The Kier molecular flexibility index (Phi) is 1.74. The molecule has 1 amide bonds. The van der Waals surface area contributed by atoms with Gasteiger partial charge < -0.3 is 5.32 Å². The minimum atomic E-state index is 0.216. The Morgan fingerprint density at radius 2 is 2.22 bits per heavy atom. The number of piperidine rings is 1.